The number of likely N-dealkylation sites (tertiary alicyclic amines) is 1. The minimum Gasteiger partial charge on any atom is -0.492 e. The van der Waals surface area contributed by atoms with Gasteiger partial charge in [-0.25, -0.2) is 4.98 Å². The van der Waals surface area contributed by atoms with Crippen molar-refractivity contribution in [1.82, 2.24) is 9.88 Å². The smallest absolute Gasteiger partial charge is 0.252 e. The molecule has 0 unspecified atom stereocenters. The fourth-order valence-electron chi connectivity index (χ4n) is 3.74. The molecule has 7 heteroatoms. The van der Waals surface area contributed by atoms with E-state index in [0.717, 1.165) is 23.5 Å². The maximum Gasteiger partial charge on any atom is 0.252 e. The lowest BCUT2D eigenvalue weighted by Gasteiger charge is -2.15. The van der Waals surface area contributed by atoms with Crippen molar-refractivity contribution in [3.63, 3.8) is 0 Å². The highest BCUT2D eigenvalue weighted by molar-refractivity contribution is 5.98. The molecule has 2 heterocycles. The van der Waals surface area contributed by atoms with E-state index >= 15 is 0 Å². The van der Waals surface area contributed by atoms with Gasteiger partial charge in [-0.2, -0.15) is 0 Å². The van der Waals surface area contributed by atoms with Crippen molar-refractivity contribution in [2.75, 3.05) is 36.9 Å². The van der Waals surface area contributed by atoms with Crippen LogP contribution in [0.25, 0.3) is 0 Å². The molecule has 1 fully saturated rings. The van der Waals surface area contributed by atoms with Crippen LogP contribution >= 0.6 is 0 Å². The van der Waals surface area contributed by atoms with E-state index in [0.29, 0.717) is 30.2 Å². The summed E-state index contributed by atoms with van der Waals surface area (Å²) >= 11 is 0. The Morgan fingerprint density at radius 3 is 2.53 bits per heavy atom. The molecule has 0 bridgehead atoms. The van der Waals surface area contributed by atoms with Crippen molar-refractivity contribution in [1.29, 1.82) is 0 Å². The SMILES string of the molecule is NC(=O)c1cnc(Nc2ccc(OCCN3CCCC3)cc2)cc1NCc1ccccc1. The minimum atomic E-state index is -0.518. The molecule has 1 aliphatic heterocycles. The Bertz CT molecular complexity index is 1020. The van der Waals surface area contributed by atoms with Gasteiger partial charge in [-0.05, 0) is 55.8 Å². The molecule has 0 atom stereocenters. The van der Waals surface area contributed by atoms with Crippen molar-refractivity contribution in [3.05, 3.63) is 78.0 Å². The number of nitrogens with two attached hydrogens (primary N) is 1. The normalized spacial score (nSPS) is 13.6. The molecule has 0 aliphatic carbocycles. The van der Waals surface area contributed by atoms with Gasteiger partial charge in [0.05, 0.1) is 11.3 Å². The summed E-state index contributed by atoms with van der Waals surface area (Å²) in [5.41, 5.74) is 8.51. The topological polar surface area (TPSA) is 92.5 Å². The highest BCUT2D eigenvalue weighted by atomic mass is 16.5. The number of ether oxygens (including phenoxy) is 1. The Hall–Kier alpha value is -3.58. The lowest BCUT2D eigenvalue weighted by Crippen LogP contribution is -2.25. The number of hydrogen-bond donors (Lipinski definition) is 3. The lowest BCUT2D eigenvalue weighted by atomic mass is 10.2. The van der Waals surface area contributed by atoms with E-state index in [9.17, 15) is 4.79 Å². The third-order valence-corrected chi connectivity index (χ3v) is 5.50. The van der Waals surface area contributed by atoms with Crippen LogP contribution < -0.4 is 21.1 Å². The number of nitrogens with zero attached hydrogens (tertiary/aromatic N) is 2. The van der Waals surface area contributed by atoms with E-state index in [-0.39, 0.29) is 0 Å². The Morgan fingerprint density at radius 2 is 1.81 bits per heavy atom. The summed E-state index contributed by atoms with van der Waals surface area (Å²) in [5.74, 6) is 0.945. The number of anilines is 3. The molecule has 0 radical (unpaired) electrons. The van der Waals surface area contributed by atoms with Gasteiger partial charge < -0.3 is 21.1 Å². The van der Waals surface area contributed by atoms with Crippen LogP contribution in [-0.2, 0) is 6.54 Å². The van der Waals surface area contributed by atoms with E-state index in [4.69, 9.17) is 10.5 Å². The third kappa shape index (κ3) is 5.98. The summed E-state index contributed by atoms with van der Waals surface area (Å²) in [6, 6.07) is 19.5. The fourth-order valence-corrected chi connectivity index (χ4v) is 3.74. The van der Waals surface area contributed by atoms with Gasteiger partial charge >= 0.3 is 0 Å². The van der Waals surface area contributed by atoms with Crippen molar-refractivity contribution in [3.8, 4) is 5.75 Å². The number of hydrogen-bond acceptors (Lipinski definition) is 6. The second-order valence-electron chi connectivity index (χ2n) is 7.87. The largest absolute Gasteiger partial charge is 0.492 e. The fraction of sp³-hybridized carbons (Fsp3) is 0.280. The van der Waals surface area contributed by atoms with Gasteiger partial charge in [0, 0.05) is 31.0 Å². The Morgan fingerprint density at radius 1 is 1.06 bits per heavy atom. The molecule has 166 valence electrons. The van der Waals surface area contributed by atoms with Crippen molar-refractivity contribution in [2.24, 2.45) is 5.73 Å². The van der Waals surface area contributed by atoms with Crippen LogP contribution in [0.15, 0.2) is 66.9 Å². The average molecular weight is 432 g/mol. The Balaban J connectivity index is 1.36. The molecule has 1 amide bonds. The highest BCUT2D eigenvalue weighted by Crippen LogP contribution is 2.23. The van der Waals surface area contributed by atoms with Gasteiger partial charge in [-0.3, -0.25) is 9.69 Å². The second kappa shape index (κ2) is 10.6. The Labute approximate surface area is 188 Å². The summed E-state index contributed by atoms with van der Waals surface area (Å²) < 4.78 is 5.86. The number of carbonyl (C=O) groups is 1. The molecular formula is C25H29N5O2. The maximum atomic E-state index is 11.8. The number of aromatic nitrogens is 1. The van der Waals surface area contributed by atoms with Gasteiger partial charge in [0.2, 0.25) is 0 Å². The number of primary amides is 1. The molecule has 7 nitrogen and oxygen atoms in total. The molecule has 3 aromatic rings. The van der Waals surface area contributed by atoms with Crippen LogP contribution in [0.5, 0.6) is 5.75 Å². The van der Waals surface area contributed by atoms with Crippen LogP contribution in [0, 0.1) is 0 Å². The van der Waals surface area contributed by atoms with E-state index in [1.165, 1.54) is 32.1 Å². The molecule has 1 aromatic heterocycles. The first kappa shape index (κ1) is 21.6. The summed E-state index contributed by atoms with van der Waals surface area (Å²) in [5, 5.41) is 6.56. The molecule has 0 saturated carbocycles. The average Bonchev–Trinajstić information content (AvgIpc) is 3.33. The number of pyridine rings is 1. The first-order valence-corrected chi connectivity index (χ1v) is 11.0. The predicted octanol–water partition coefficient (Wildman–Crippen LogP) is 4.01. The summed E-state index contributed by atoms with van der Waals surface area (Å²) in [6.45, 7) is 4.59. The first-order valence-electron chi connectivity index (χ1n) is 11.0. The molecule has 1 aliphatic rings. The van der Waals surface area contributed by atoms with Crippen LogP contribution in [0.4, 0.5) is 17.2 Å². The standard InChI is InChI=1S/C25H29N5O2/c26-25(31)22-18-28-24(16-23(22)27-17-19-6-2-1-3-7-19)29-20-8-10-21(11-9-20)32-15-14-30-12-4-5-13-30/h1-3,6-11,16,18H,4-5,12-15,17H2,(H2,26,31)(H2,27,28,29). The molecule has 4 rings (SSSR count). The summed E-state index contributed by atoms with van der Waals surface area (Å²) in [7, 11) is 0. The van der Waals surface area contributed by atoms with Crippen molar-refractivity contribution >= 4 is 23.1 Å². The molecule has 32 heavy (non-hydrogen) atoms. The highest BCUT2D eigenvalue weighted by Gasteiger charge is 2.12. The van der Waals surface area contributed by atoms with Crippen LogP contribution in [0.2, 0.25) is 0 Å². The van der Waals surface area contributed by atoms with E-state index in [1.54, 1.807) is 6.07 Å². The molecular weight excluding hydrogens is 402 g/mol. The zero-order chi connectivity index (χ0) is 22.2. The van der Waals surface area contributed by atoms with E-state index < -0.39 is 5.91 Å². The zero-order valence-electron chi connectivity index (χ0n) is 18.1. The number of benzene rings is 2. The zero-order valence-corrected chi connectivity index (χ0v) is 18.1. The second-order valence-corrected chi connectivity index (χ2v) is 7.87. The maximum absolute atomic E-state index is 11.8. The van der Waals surface area contributed by atoms with Crippen molar-refractivity contribution < 1.29 is 9.53 Å². The monoisotopic (exact) mass is 431 g/mol. The third-order valence-electron chi connectivity index (χ3n) is 5.50. The number of amides is 1. The molecule has 0 spiro atoms. The van der Waals surface area contributed by atoms with E-state index in [1.807, 2.05) is 54.6 Å². The van der Waals surface area contributed by atoms with Gasteiger partial charge in [0.1, 0.15) is 18.2 Å². The lowest BCUT2D eigenvalue weighted by molar-refractivity contribution is 0.100. The van der Waals surface area contributed by atoms with Crippen LogP contribution in [0.1, 0.15) is 28.8 Å². The number of nitrogens with one attached hydrogen (secondary N) is 2. The van der Waals surface area contributed by atoms with E-state index in [2.05, 4.69) is 20.5 Å². The van der Waals surface area contributed by atoms with Crippen LogP contribution in [0.3, 0.4) is 0 Å². The number of carbonyl (C=O) groups excluding carboxylic acids is 1. The first-order chi connectivity index (χ1) is 15.7. The van der Waals surface area contributed by atoms with Crippen LogP contribution in [-0.4, -0.2) is 42.0 Å². The molecule has 1 saturated heterocycles. The van der Waals surface area contributed by atoms with Gasteiger partial charge in [-0.1, -0.05) is 30.3 Å². The Kier molecular flexibility index (Phi) is 7.19. The van der Waals surface area contributed by atoms with Gasteiger partial charge in [0.15, 0.2) is 0 Å². The number of rotatable bonds is 10. The molecule has 4 N–H and O–H groups in total. The summed E-state index contributed by atoms with van der Waals surface area (Å²) in [6.07, 6.45) is 4.07. The molecule has 2 aromatic carbocycles. The van der Waals surface area contributed by atoms with Gasteiger partial charge in [-0.15, -0.1) is 0 Å². The quantitative estimate of drug-likeness (QED) is 0.449. The van der Waals surface area contributed by atoms with Gasteiger partial charge in [0.25, 0.3) is 5.91 Å². The summed E-state index contributed by atoms with van der Waals surface area (Å²) in [4.78, 5) is 18.6. The minimum absolute atomic E-state index is 0.355. The van der Waals surface area contributed by atoms with Crippen molar-refractivity contribution in [2.45, 2.75) is 19.4 Å². The predicted molar refractivity (Wildman–Crippen MR) is 127 cm³/mol.